The van der Waals surface area contributed by atoms with Gasteiger partial charge in [0.05, 0.1) is 6.61 Å². The van der Waals surface area contributed by atoms with Crippen molar-refractivity contribution in [1.82, 2.24) is 15.5 Å². The fourth-order valence-corrected chi connectivity index (χ4v) is 2.59. The largest absolute Gasteiger partial charge is 0.383 e. The molecule has 2 rings (SSSR count). The van der Waals surface area contributed by atoms with Gasteiger partial charge in [-0.3, -0.25) is 0 Å². The molecule has 0 aliphatic carbocycles. The zero-order valence-corrected chi connectivity index (χ0v) is 13.1. The van der Waals surface area contributed by atoms with E-state index in [2.05, 4.69) is 15.5 Å². The van der Waals surface area contributed by atoms with Gasteiger partial charge in [0.15, 0.2) is 0 Å². The molecule has 1 atom stereocenters. The molecule has 0 radical (unpaired) electrons. The molecular weight excluding hydrogens is 274 g/mol. The van der Waals surface area contributed by atoms with Crippen molar-refractivity contribution < 1.29 is 18.7 Å². The molecule has 120 valence electrons. The van der Waals surface area contributed by atoms with Crippen molar-refractivity contribution in [2.24, 2.45) is 0 Å². The Kier molecular flexibility index (Phi) is 6.10. The molecule has 1 aromatic heterocycles. The normalized spacial score (nSPS) is 19.6. The van der Waals surface area contributed by atoms with E-state index in [1.807, 2.05) is 14.0 Å². The van der Waals surface area contributed by atoms with Crippen molar-refractivity contribution >= 4 is 0 Å². The van der Waals surface area contributed by atoms with Gasteiger partial charge in [-0.25, -0.2) is 0 Å². The third-order valence-corrected chi connectivity index (χ3v) is 3.79. The zero-order valence-electron chi connectivity index (χ0n) is 13.1. The minimum atomic E-state index is -0.467. The second-order valence-electron chi connectivity index (χ2n) is 5.20. The van der Waals surface area contributed by atoms with E-state index in [0.717, 1.165) is 12.8 Å². The standard InChI is InChI=1S/C14H25N3O4/c1-4-20-14(5-7-19-8-6-14)13-16-12(21-17-13)9-11(15-2)10-18-3/h11,15H,4-10H2,1-3H3. The molecule has 1 aliphatic rings. The van der Waals surface area contributed by atoms with Crippen LogP contribution >= 0.6 is 0 Å². The van der Waals surface area contributed by atoms with E-state index < -0.39 is 5.60 Å². The lowest BCUT2D eigenvalue weighted by atomic mass is 9.93. The van der Waals surface area contributed by atoms with Gasteiger partial charge in [-0.2, -0.15) is 4.98 Å². The number of nitrogens with one attached hydrogen (secondary N) is 1. The molecule has 0 saturated carbocycles. The van der Waals surface area contributed by atoms with Gasteiger partial charge in [0, 0.05) is 52.2 Å². The Labute approximate surface area is 125 Å². The van der Waals surface area contributed by atoms with E-state index in [9.17, 15) is 0 Å². The zero-order chi connectivity index (χ0) is 15.1. The number of likely N-dealkylation sites (N-methyl/N-ethyl adjacent to an activating group) is 1. The topological polar surface area (TPSA) is 78.6 Å². The summed E-state index contributed by atoms with van der Waals surface area (Å²) in [6, 6.07) is 0.154. The average molecular weight is 299 g/mol. The number of ether oxygens (including phenoxy) is 3. The Bertz CT molecular complexity index is 413. The van der Waals surface area contributed by atoms with Crippen LogP contribution in [0.3, 0.4) is 0 Å². The third-order valence-electron chi connectivity index (χ3n) is 3.79. The lowest BCUT2D eigenvalue weighted by molar-refractivity contribution is -0.118. The maximum atomic E-state index is 5.94. The van der Waals surface area contributed by atoms with Crippen LogP contribution in [0.1, 0.15) is 31.5 Å². The fourth-order valence-electron chi connectivity index (χ4n) is 2.59. The molecule has 0 aromatic carbocycles. The second kappa shape index (κ2) is 7.84. The van der Waals surface area contributed by atoms with Crippen LogP contribution in [-0.4, -0.2) is 56.8 Å². The van der Waals surface area contributed by atoms with Gasteiger partial charge in [-0.05, 0) is 14.0 Å². The fraction of sp³-hybridized carbons (Fsp3) is 0.857. The van der Waals surface area contributed by atoms with Gasteiger partial charge in [0.25, 0.3) is 0 Å². The molecule has 2 heterocycles. The van der Waals surface area contributed by atoms with Crippen molar-refractivity contribution in [2.45, 2.75) is 37.8 Å². The summed E-state index contributed by atoms with van der Waals surface area (Å²) in [4.78, 5) is 4.54. The summed E-state index contributed by atoms with van der Waals surface area (Å²) in [6.07, 6.45) is 2.15. The maximum absolute atomic E-state index is 5.94. The molecule has 1 unspecified atom stereocenters. The van der Waals surface area contributed by atoms with Crippen molar-refractivity contribution in [1.29, 1.82) is 0 Å². The van der Waals surface area contributed by atoms with Gasteiger partial charge < -0.3 is 24.1 Å². The lowest BCUT2D eigenvalue weighted by Crippen LogP contribution is -2.37. The highest BCUT2D eigenvalue weighted by Crippen LogP contribution is 2.34. The first-order chi connectivity index (χ1) is 10.2. The monoisotopic (exact) mass is 299 g/mol. The summed E-state index contributed by atoms with van der Waals surface area (Å²) in [5.41, 5.74) is -0.467. The molecule has 1 fully saturated rings. The van der Waals surface area contributed by atoms with Crippen LogP contribution in [0, 0.1) is 0 Å². The molecule has 0 spiro atoms. The van der Waals surface area contributed by atoms with E-state index >= 15 is 0 Å². The first-order valence-corrected chi connectivity index (χ1v) is 7.45. The summed E-state index contributed by atoms with van der Waals surface area (Å²) in [5.74, 6) is 1.24. The average Bonchev–Trinajstić information content (AvgIpc) is 2.97. The second-order valence-corrected chi connectivity index (χ2v) is 5.20. The Hall–Kier alpha value is -1.02. The van der Waals surface area contributed by atoms with Crippen molar-refractivity contribution in [3.8, 4) is 0 Å². The van der Waals surface area contributed by atoms with Crippen LogP contribution < -0.4 is 5.32 Å². The van der Waals surface area contributed by atoms with Crippen LogP contribution in [0.5, 0.6) is 0 Å². The number of hydrogen-bond donors (Lipinski definition) is 1. The highest BCUT2D eigenvalue weighted by atomic mass is 16.5. The van der Waals surface area contributed by atoms with Crippen molar-refractivity contribution in [2.75, 3.05) is 40.6 Å². The van der Waals surface area contributed by atoms with Gasteiger partial charge in [0.2, 0.25) is 11.7 Å². The van der Waals surface area contributed by atoms with Crippen LogP contribution in [0.4, 0.5) is 0 Å². The first kappa shape index (κ1) is 16.4. The number of aromatic nitrogens is 2. The van der Waals surface area contributed by atoms with E-state index in [4.69, 9.17) is 18.7 Å². The highest BCUT2D eigenvalue weighted by Gasteiger charge is 2.39. The predicted molar refractivity (Wildman–Crippen MR) is 76.1 cm³/mol. The number of rotatable bonds is 8. The molecule has 1 saturated heterocycles. The van der Waals surface area contributed by atoms with Gasteiger partial charge in [-0.1, -0.05) is 5.16 Å². The predicted octanol–water partition coefficient (Wildman–Crippen LogP) is 0.889. The minimum absolute atomic E-state index is 0.154. The summed E-state index contributed by atoms with van der Waals surface area (Å²) >= 11 is 0. The number of hydrogen-bond acceptors (Lipinski definition) is 7. The molecule has 0 bridgehead atoms. The van der Waals surface area contributed by atoms with Gasteiger partial charge in [-0.15, -0.1) is 0 Å². The van der Waals surface area contributed by atoms with Gasteiger partial charge in [0.1, 0.15) is 5.60 Å². The van der Waals surface area contributed by atoms with E-state index in [0.29, 0.717) is 44.6 Å². The number of nitrogens with zero attached hydrogens (tertiary/aromatic N) is 2. The number of methoxy groups -OCH3 is 1. The lowest BCUT2D eigenvalue weighted by Gasteiger charge is -2.33. The van der Waals surface area contributed by atoms with Gasteiger partial charge >= 0.3 is 0 Å². The Morgan fingerprint density at radius 3 is 2.76 bits per heavy atom. The Balaban J connectivity index is 2.09. The van der Waals surface area contributed by atoms with E-state index in [1.165, 1.54) is 0 Å². The van der Waals surface area contributed by atoms with Crippen LogP contribution in [-0.2, 0) is 26.2 Å². The smallest absolute Gasteiger partial charge is 0.228 e. The van der Waals surface area contributed by atoms with Crippen molar-refractivity contribution in [3.05, 3.63) is 11.7 Å². The molecule has 7 heteroatoms. The molecular formula is C14H25N3O4. The summed E-state index contributed by atoms with van der Waals surface area (Å²) in [5, 5.41) is 7.31. The first-order valence-electron chi connectivity index (χ1n) is 7.45. The van der Waals surface area contributed by atoms with Crippen LogP contribution in [0.25, 0.3) is 0 Å². The van der Waals surface area contributed by atoms with E-state index in [-0.39, 0.29) is 6.04 Å². The Morgan fingerprint density at radius 1 is 1.38 bits per heavy atom. The minimum Gasteiger partial charge on any atom is -0.383 e. The van der Waals surface area contributed by atoms with E-state index in [1.54, 1.807) is 7.11 Å². The molecule has 1 aromatic rings. The summed E-state index contributed by atoms with van der Waals surface area (Å²) < 4.78 is 21.9. The summed E-state index contributed by atoms with van der Waals surface area (Å²) in [6.45, 7) is 4.51. The van der Waals surface area contributed by atoms with Crippen LogP contribution in [0.2, 0.25) is 0 Å². The van der Waals surface area contributed by atoms with Crippen molar-refractivity contribution in [3.63, 3.8) is 0 Å². The summed E-state index contributed by atoms with van der Waals surface area (Å²) in [7, 11) is 3.57. The Morgan fingerprint density at radius 2 is 2.14 bits per heavy atom. The maximum Gasteiger partial charge on any atom is 0.228 e. The third kappa shape index (κ3) is 4.00. The quantitative estimate of drug-likeness (QED) is 0.763. The molecule has 1 aliphatic heterocycles. The molecule has 1 N–H and O–H groups in total. The SMILES string of the molecule is CCOC1(c2noc(CC(COC)NC)n2)CCOCC1. The van der Waals surface area contributed by atoms with Crippen LogP contribution in [0.15, 0.2) is 4.52 Å². The molecule has 21 heavy (non-hydrogen) atoms. The molecule has 0 amide bonds. The molecule has 7 nitrogen and oxygen atoms in total. The highest BCUT2D eigenvalue weighted by molar-refractivity contribution is 5.04.